The topological polar surface area (TPSA) is 77.0 Å². The molecule has 1 amide bonds. The number of carbonyl (C=O) groups excluding carboxylic acids is 1. The van der Waals surface area contributed by atoms with Gasteiger partial charge in [0.25, 0.3) is 5.91 Å². The Morgan fingerprint density at radius 3 is 2.57 bits per heavy atom. The molecule has 0 spiro atoms. The van der Waals surface area contributed by atoms with E-state index in [1.54, 1.807) is 48.9 Å². The summed E-state index contributed by atoms with van der Waals surface area (Å²) in [5.74, 6) is 0.684. The van der Waals surface area contributed by atoms with Crippen LogP contribution in [0.2, 0.25) is 0 Å². The first kappa shape index (κ1) is 14.6. The number of nitrogens with one attached hydrogen (secondary N) is 1. The van der Waals surface area contributed by atoms with E-state index in [0.29, 0.717) is 23.9 Å². The van der Waals surface area contributed by atoms with Gasteiger partial charge < -0.3 is 10.1 Å². The van der Waals surface area contributed by atoms with Gasteiger partial charge in [0.2, 0.25) is 5.88 Å². The Hall–Kier alpha value is -3.28. The molecule has 0 saturated heterocycles. The van der Waals surface area contributed by atoms with E-state index in [0.717, 1.165) is 5.56 Å². The van der Waals surface area contributed by atoms with Crippen molar-refractivity contribution in [3.63, 3.8) is 0 Å². The average molecular weight is 306 g/mol. The number of rotatable bonds is 5. The second-order valence-corrected chi connectivity index (χ2v) is 4.70. The van der Waals surface area contributed by atoms with Crippen LogP contribution in [0.1, 0.15) is 15.9 Å². The van der Waals surface area contributed by atoms with Crippen molar-refractivity contribution >= 4 is 11.7 Å². The minimum Gasteiger partial charge on any atom is -0.473 e. The Bertz CT molecular complexity index is 762. The summed E-state index contributed by atoms with van der Waals surface area (Å²) in [6, 6.07) is 12.4. The molecule has 23 heavy (non-hydrogen) atoms. The lowest BCUT2D eigenvalue weighted by atomic mass is 10.2. The van der Waals surface area contributed by atoms with E-state index in [9.17, 15) is 4.79 Å². The summed E-state index contributed by atoms with van der Waals surface area (Å²) in [7, 11) is 0. The number of hydrogen-bond donors (Lipinski definition) is 1. The first-order chi connectivity index (χ1) is 11.3. The Labute approximate surface area is 133 Å². The summed E-state index contributed by atoms with van der Waals surface area (Å²) < 4.78 is 5.56. The molecule has 0 radical (unpaired) electrons. The van der Waals surface area contributed by atoms with Crippen molar-refractivity contribution in [2.75, 3.05) is 5.32 Å². The van der Waals surface area contributed by atoms with E-state index in [1.807, 2.05) is 12.1 Å². The van der Waals surface area contributed by atoms with E-state index in [4.69, 9.17) is 4.74 Å². The Kier molecular flexibility index (Phi) is 4.54. The van der Waals surface area contributed by atoms with Gasteiger partial charge in [0.05, 0.1) is 5.56 Å². The fourth-order valence-electron chi connectivity index (χ4n) is 1.86. The number of ether oxygens (including phenoxy) is 1. The number of anilines is 1. The minimum atomic E-state index is -0.267. The van der Waals surface area contributed by atoms with E-state index < -0.39 is 0 Å². The van der Waals surface area contributed by atoms with Gasteiger partial charge in [-0.3, -0.25) is 9.78 Å². The first-order valence-corrected chi connectivity index (χ1v) is 7.01. The molecule has 0 unspecified atom stereocenters. The number of aromatic nitrogens is 3. The molecule has 6 nitrogen and oxygen atoms in total. The van der Waals surface area contributed by atoms with Gasteiger partial charge in [-0.2, -0.15) is 0 Å². The highest BCUT2D eigenvalue weighted by atomic mass is 16.5. The van der Waals surface area contributed by atoms with Gasteiger partial charge in [0.1, 0.15) is 12.4 Å². The molecule has 0 aliphatic carbocycles. The fourth-order valence-corrected chi connectivity index (χ4v) is 1.86. The van der Waals surface area contributed by atoms with Crippen LogP contribution < -0.4 is 10.1 Å². The SMILES string of the molecule is O=C(Nc1ccccn1)c1ccc(OCc2ccncc2)nc1. The van der Waals surface area contributed by atoms with Crippen molar-refractivity contribution in [3.05, 3.63) is 78.4 Å². The third-order valence-corrected chi connectivity index (χ3v) is 3.04. The molecule has 3 rings (SSSR count). The first-order valence-electron chi connectivity index (χ1n) is 7.01. The van der Waals surface area contributed by atoms with Crippen LogP contribution >= 0.6 is 0 Å². The number of nitrogens with zero attached hydrogens (tertiary/aromatic N) is 3. The molecule has 3 heterocycles. The largest absolute Gasteiger partial charge is 0.473 e. The molecule has 3 aromatic heterocycles. The molecule has 0 aliphatic rings. The highest BCUT2D eigenvalue weighted by molar-refractivity contribution is 6.03. The molecule has 0 aromatic carbocycles. The van der Waals surface area contributed by atoms with Crippen molar-refractivity contribution in [1.29, 1.82) is 0 Å². The Morgan fingerprint density at radius 2 is 1.87 bits per heavy atom. The minimum absolute atomic E-state index is 0.267. The molecular weight excluding hydrogens is 292 g/mol. The lowest BCUT2D eigenvalue weighted by Crippen LogP contribution is -2.13. The summed E-state index contributed by atoms with van der Waals surface area (Å²) in [6.45, 7) is 0.398. The molecule has 0 fully saturated rings. The lowest BCUT2D eigenvalue weighted by molar-refractivity contribution is 0.102. The van der Waals surface area contributed by atoms with Crippen LogP contribution in [0.25, 0.3) is 0 Å². The zero-order valence-corrected chi connectivity index (χ0v) is 12.2. The van der Waals surface area contributed by atoms with Gasteiger partial charge in [-0.1, -0.05) is 6.07 Å². The van der Waals surface area contributed by atoms with Crippen LogP contribution in [0, 0.1) is 0 Å². The van der Waals surface area contributed by atoms with Gasteiger partial charge in [0.15, 0.2) is 0 Å². The van der Waals surface area contributed by atoms with Gasteiger partial charge in [-0.05, 0) is 35.9 Å². The summed E-state index contributed by atoms with van der Waals surface area (Å²) in [6.07, 6.45) is 6.50. The van der Waals surface area contributed by atoms with E-state index in [1.165, 1.54) is 6.20 Å². The smallest absolute Gasteiger partial charge is 0.258 e. The van der Waals surface area contributed by atoms with E-state index >= 15 is 0 Å². The molecule has 114 valence electrons. The molecule has 0 saturated carbocycles. The van der Waals surface area contributed by atoms with Crippen molar-refractivity contribution in [3.8, 4) is 5.88 Å². The van der Waals surface area contributed by atoms with Crippen molar-refractivity contribution in [2.24, 2.45) is 0 Å². The summed E-state index contributed by atoms with van der Waals surface area (Å²) in [5.41, 5.74) is 1.44. The standard InChI is InChI=1S/C17H14N4O2/c22-17(21-15-3-1-2-8-19-15)14-4-5-16(20-11-14)23-12-13-6-9-18-10-7-13/h1-11H,12H2,(H,19,21,22). The van der Waals surface area contributed by atoms with Crippen molar-refractivity contribution in [2.45, 2.75) is 6.61 Å². The number of hydrogen-bond acceptors (Lipinski definition) is 5. The summed E-state index contributed by atoms with van der Waals surface area (Å²) in [4.78, 5) is 24.2. The average Bonchev–Trinajstić information content (AvgIpc) is 2.62. The summed E-state index contributed by atoms with van der Waals surface area (Å²) >= 11 is 0. The third kappa shape index (κ3) is 4.10. The van der Waals surface area contributed by atoms with Gasteiger partial charge in [0, 0.05) is 30.9 Å². The maximum absolute atomic E-state index is 12.1. The predicted octanol–water partition coefficient (Wildman–Crippen LogP) is 2.70. The monoisotopic (exact) mass is 306 g/mol. The highest BCUT2D eigenvalue weighted by Gasteiger charge is 2.07. The highest BCUT2D eigenvalue weighted by Crippen LogP contribution is 2.11. The van der Waals surface area contributed by atoms with Gasteiger partial charge >= 0.3 is 0 Å². The van der Waals surface area contributed by atoms with Crippen LogP contribution in [-0.2, 0) is 6.61 Å². The molecule has 0 atom stereocenters. The van der Waals surface area contributed by atoms with E-state index in [-0.39, 0.29) is 5.91 Å². The van der Waals surface area contributed by atoms with Gasteiger partial charge in [-0.15, -0.1) is 0 Å². The van der Waals surface area contributed by atoms with Crippen LogP contribution in [-0.4, -0.2) is 20.9 Å². The lowest BCUT2D eigenvalue weighted by Gasteiger charge is -2.06. The zero-order valence-electron chi connectivity index (χ0n) is 12.2. The molecule has 6 heteroatoms. The Morgan fingerprint density at radius 1 is 1.00 bits per heavy atom. The molecule has 0 bridgehead atoms. The molecule has 3 aromatic rings. The van der Waals surface area contributed by atoms with Crippen LogP contribution in [0.4, 0.5) is 5.82 Å². The Balaban J connectivity index is 1.59. The predicted molar refractivity (Wildman–Crippen MR) is 85.0 cm³/mol. The second-order valence-electron chi connectivity index (χ2n) is 4.70. The maximum Gasteiger partial charge on any atom is 0.258 e. The van der Waals surface area contributed by atoms with Crippen LogP contribution in [0.5, 0.6) is 5.88 Å². The fraction of sp³-hybridized carbons (Fsp3) is 0.0588. The zero-order chi connectivity index (χ0) is 15.9. The van der Waals surface area contributed by atoms with Crippen molar-refractivity contribution < 1.29 is 9.53 Å². The third-order valence-electron chi connectivity index (χ3n) is 3.04. The van der Waals surface area contributed by atoms with E-state index in [2.05, 4.69) is 20.3 Å². The maximum atomic E-state index is 12.1. The number of amides is 1. The normalized spacial score (nSPS) is 10.1. The van der Waals surface area contributed by atoms with Gasteiger partial charge in [-0.25, -0.2) is 9.97 Å². The number of pyridine rings is 3. The summed E-state index contributed by atoms with van der Waals surface area (Å²) in [5, 5.41) is 2.70. The molecule has 0 aliphatic heterocycles. The molecule has 1 N–H and O–H groups in total. The van der Waals surface area contributed by atoms with Crippen LogP contribution in [0.3, 0.4) is 0 Å². The number of carbonyl (C=O) groups is 1. The van der Waals surface area contributed by atoms with Crippen molar-refractivity contribution in [1.82, 2.24) is 15.0 Å². The van der Waals surface area contributed by atoms with Crippen LogP contribution in [0.15, 0.2) is 67.3 Å². The quantitative estimate of drug-likeness (QED) is 0.784. The molecular formula is C17H14N4O2. The second kappa shape index (κ2) is 7.13.